The fraction of sp³-hybridized carbons (Fsp3) is 0.294. The Balaban J connectivity index is 2.10. The first-order valence-corrected chi connectivity index (χ1v) is 7.22. The van der Waals surface area contributed by atoms with Crippen molar-refractivity contribution >= 4 is 5.69 Å². The summed E-state index contributed by atoms with van der Waals surface area (Å²) in [6.45, 7) is 3.73. The summed E-state index contributed by atoms with van der Waals surface area (Å²) in [6.07, 6.45) is 0. The Morgan fingerprint density at radius 1 is 0.913 bits per heavy atom. The third-order valence-corrected chi connectivity index (χ3v) is 3.55. The molecule has 2 rings (SSSR count). The van der Waals surface area contributed by atoms with Crippen LogP contribution in [0.4, 0.5) is 23.2 Å². The first-order chi connectivity index (χ1) is 11.0. The Morgan fingerprint density at radius 3 is 2.00 bits per heavy atom. The van der Waals surface area contributed by atoms with E-state index in [0.717, 1.165) is 12.6 Å². The van der Waals surface area contributed by atoms with Gasteiger partial charge in [-0.25, -0.2) is 8.78 Å². The lowest BCUT2D eigenvalue weighted by atomic mass is 10.2. The maximum absolute atomic E-state index is 13.7. The predicted molar refractivity (Wildman–Crippen MR) is 80.8 cm³/mol. The highest BCUT2D eigenvalue weighted by Crippen LogP contribution is 2.29. The largest absolute Gasteiger partial charge is 0.486 e. The van der Waals surface area contributed by atoms with Gasteiger partial charge in [0.25, 0.3) is 0 Å². The van der Waals surface area contributed by atoms with Gasteiger partial charge >= 0.3 is 0 Å². The topological polar surface area (TPSA) is 12.5 Å². The molecule has 0 aromatic heterocycles. The van der Waals surface area contributed by atoms with Crippen LogP contribution in [0.3, 0.4) is 0 Å². The number of nitrogens with zero attached hydrogens (tertiary/aromatic N) is 1. The average Bonchev–Trinajstić information content (AvgIpc) is 2.58. The number of para-hydroxylation sites is 1. The van der Waals surface area contributed by atoms with Crippen molar-refractivity contribution in [3.05, 3.63) is 59.2 Å². The molecule has 0 atom stereocenters. The summed E-state index contributed by atoms with van der Waals surface area (Å²) in [5, 5.41) is 0. The highest BCUT2D eigenvalue weighted by molar-refractivity contribution is 5.45. The molecule has 0 saturated heterocycles. The molecular formula is C17H17F4NO. The van der Waals surface area contributed by atoms with Gasteiger partial charge in [0, 0.05) is 17.8 Å². The molecule has 6 heteroatoms. The second-order valence-corrected chi connectivity index (χ2v) is 4.97. The molecule has 0 unspecified atom stereocenters. The second-order valence-electron chi connectivity index (χ2n) is 4.97. The minimum atomic E-state index is -1.51. The second kappa shape index (κ2) is 7.35. The van der Waals surface area contributed by atoms with E-state index in [0.29, 0.717) is 13.1 Å². The van der Waals surface area contributed by atoms with Crippen LogP contribution in [0.1, 0.15) is 12.5 Å². The first kappa shape index (κ1) is 17.1. The van der Waals surface area contributed by atoms with E-state index in [4.69, 9.17) is 4.74 Å². The molecule has 0 spiro atoms. The Morgan fingerprint density at radius 2 is 1.48 bits per heavy atom. The summed E-state index contributed by atoms with van der Waals surface area (Å²) in [4.78, 5) is 1.91. The van der Waals surface area contributed by atoms with Crippen LogP contribution >= 0.6 is 0 Å². The van der Waals surface area contributed by atoms with E-state index in [1.807, 2.05) is 42.2 Å². The van der Waals surface area contributed by atoms with Crippen molar-refractivity contribution in [3.8, 4) is 5.75 Å². The number of benzene rings is 2. The Bertz CT molecular complexity index is 647. The third-order valence-electron chi connectivity index (χ3n) is 3.55. The summed E-state index contributed by atoms with van der Waals surface area (Å²) in [5.41, 5.74) is 0.215. The smallest absolute Gasteiger partial charge is 0.204 e. The molecule has 2 aromatic rings. The van der Waals surface area contributed by atoms with Crippen molar-refractivity contribution in [2.24, 2.45) is 0 Å². The normalized spacial score (nSPS) is 10.7. The third kappa shape index (κ3) is 3.57. The molecule has 0 aliphatic carbocycles. The molecule has 0 aliphatic rings. The number of likely N-dealkylation sites (N-methyl/N-ethyl adjacent to an activating group) is 1. The summed E-state index contributed by atoms with van der Waals surface area (Å²) in [6, 6.07) is 9.37. The van der Waals surface area contributed by atoms with Crippen molar-refractivity contribution < 1.29 is 22.3 Å². The van der Waals surface area contributed by atoms with Gasteiger partial charge in [0.1, 0.15) is 6.61 Å². The van der Waals surface area contributed by atoms with E-state index in [9.17, 15) is 17.6 Å². The summed E-state index contributed by atoms with van der Waals surface area (Å²) >= 11 is 0. The van der Waals surface area contributed by atoms with E-state index in [2.05, 4.69) is 0 Å². The summed E-state index contributed by atoms with van der Waals surface area (Å²) in [7, 11) is 0. The van der Waals surface area contributed by atoms with E-state index >= 15 is 0 Å². The Labute approximate surface area is 132 Å². The SMILES string of the molecule is CCN(CCOc1c(F)c(F)c(C)c(F)c1F)c1ccccc1. The molecule has 0 aliphatic heterocycles. The van der Waals surface area contributed by atoms with E-state index in [-0.39, 0.29) is 6.61 Å². The lowest BCUT2D eigenvalue weighted by Crippen LogP contribution is -2.28. The van der Waals surface area contributed by atoms with Crippen LogP contribution in [-0.4, -0.2) is 19.7 Å². The van der Waals surface area contributed by atoms with Gasteiger partial charge in [-0.2, -0.15) is 8.78 Å². The first-order valence-electron chi connectivity index (χ1n) is 7.22. The number of ether oxygens (including phenoxy) is 1. The van der Waals surface area contributed by atoms with Crippen LogP contribution in [0.2, 0.25) is 0 Å². The maximum Gasteiger partial charge on any atom is 0.204 e. The molecule has 23 heavy (non-hydrogen) atoms. The zero-order valence-electron chi connectivity index (χ0n) is 12.9. The molecule has 2 aromatic carbocycles. The van der Waals surface area contributed by atoms with Crippen molar-refractivity contribution in [3.63, 3.8) is 0 Å². The molecule has 0 N–H and O–H groups in total. The molecule has 2 nitrogen and oxygen atoms in total. The van der Waals surface area contributed by atoms with Gasteiger partial charge in [0.15, 0.2) is 17.4 Å². The molecule has 0 heterocycles. The lowest BCUT2D eigenvalue weighted by Gasteiger charge is -2.23. The van der Waals surface area contributed by atoms with Crippen LogP contribution in [0.5, 0.6) is 5.75 Å². The van der Waals surface area contributed by atoms with Gasteiger partial charge in [-0.3, -0.25) is 0 Å². The van der Waals surface area contributed by atoms with Gasteiger partial charge in [0.05, 0.1) is 6.54 Å². The van der Waals surface area contributed by atoms with Gasteiger partial charge < -0.3 is 9.64 Å². The van der Waals surface area contributed by atoms with Crippen LogP contribution < -0.4 is 9.64 Å². The lowest BCUT2D eigenvalue weighted by molar-refractivity contribution is 0.275. The van der Waals surface area contributed by atoms with Crippen molar-refractivity contribution in [2.45, 2.75) is 13.8 Å². The minimum Gasteiger partial charge on any atom is -0.486 e. The van der Waals surface area contributed by atoms with Crippen molar-refractivity contribution in [1.29, 1.82) is 0 Å². The number of hydrogen-bond donors (Lipinski definition) is 0. The number of rotatable bonds is 6. The Kier molecular flexibility index (Phi) is 5.47. The van der Waals surface area contributed by atoms with E-state index < -0.39 is 34.6 Å². The molecule has 0 saturated carbocycles. The molecular weight excluding hydrogens is 310 g/mol. The molecule has 0 amide bonds. The fourth-order valence-electron chi connectivity index (χ4n) is 2.21. The van der Waals surface area contributed by atoms with Crippen LogP contribution in [0, 0.1) is 30.2 Å². The fourth-order valence-corrected chi connectivity index (χ4v) is 2.21. The molecule has 0 radical (unpaired) electrons. The average molecular weight is 327 g/mol. The van der Waals surface area contributed by atoms with Crippen molar-refractivity contribution in [1.82, 2.24) is 0 Å². The number of hydrogen-bond acceptors (Lipinski definition) is 2. The standard InChI is InChI=1S/C17H17F4NO/c1-3-22(12-7-5-4-6-8-12)9-10-23-17-15(20)13(18)11(2)14(19)16(17)21/h4-8H,3,9-10H2,1-2H3. The minimum absolute atomic E-state index is 0.113. The molecule has 124 valence electrons. The Hall–Kier alpha value is -2.24. The molecule has 0 fully saturated rings. The predicted octanol–water partition coefficient (Wildman–Crippen LogP) is 4.46. The summed E-state index contributed by atoms with van der Waals surface area (Å²) in [5.74, 6) is -6.91. The monoisotopic (exact) mass is 327 g/mol. The highest BCUT2D eigenvalue weighted by Gasteiger charge is 2.24. The van der Waals surface area contributed by atoms with Gasteiger partial charge in [0.2, 0.25) is 11.6 Å². The maximum atomic E-state index is 13.7. The van der Waals surface area contributed by atoms with E-state index in [1.165, 1.54) is 0 Å². The number of anilines is 1. The number of halogens is 4. The van der Waals surface area contributed by atoms with Crippen LogP contribution in [0.25, 0.3) is 0 Å². The van der Waals surface area contributed by atoms with Crippen LogP contribution in [0.15, 0.2) is 30.3 Å². The quantitative estimate of drug-likeness (QED) is 0.574. The van der Waals surface area contributed by atoms with Gasteiger partial charge in [-0.05, 0) is 26.0 Å². The van der Waals surface area contributed by atoms with Crippen LogP contribution in [-0.2, 0) is 0 Å². The van der Waals surface area contributed by atoms with E-state index in [1.54, 1.807) is 0 Å². The zero-order valence-corrected chi connectivity index (χ0v) is 12.9. The molecule has 0 bridgehead atoms. The van der Waals surface area contributed by atoms with Crippen molar-refractivity contribution in [2.75, 3.05) is 24.6 Å². The highest BCUT2D eigenvalue weighted by atomic mass is 19.2. The summed E-state index contributed by atoms with van der Waals surface area (Å²) < 4.78 is 59.3. The van der Waals surface area contributed by atoms with Gasteiger partial charge in [-0.1, -0.05) is 18.2 Å². The van der Waals surface area contributed by atoms with Gasteiger partial charge in [-0.15, -0.1) is 0 Å². The zero-order chi connectivity index (χ0) is 17.0.